The highest BCUT2D eigenvalue weighted by Crippen LogP contribution is 2.26. The molecule has 0 radical (unpaired) electrons. The molecule has 1 heterocycles. The molecular weight excluding hydrogens is 341 g/mol. The van der Waals surface area contributed by atoms with Crippen LogP contribution in [-0.2, 0) is 11.3 Å². The summed E-state index contributed by atoms with van der Waals surface area (Å²) < 4.78 is 18.5. The van der Waals surface area contributed by atoms with Crippen LogP contribution in [0, 0.1) is 5.82 Å². The van der Waals surface area contributed by atoms with Gasteiger partial charge in [-0.15, -0.1) is 10.2 Å². The Hall–Kier alpha value is -2.67. The zero-order valence-electron chi connectivity index (χ0n) is 13.5. The predicted octanol–water partition coefficient (Wildman–Crippen LogP) is 3.67. The number of benzene rings is 2. The van der Waals surface area contributed by atoms with Crippen molar-refractivity contribution in [3.8, 4) is 11.5 Å². The van der Waals surface area contributed by atoms with E-state index in [-0.39, 0.29) is 11.7 Å². The van der Waals surface area contributed by atoms with E-state index in [1.54, 1.807) is 19.1 Å². The third-order valence-corrected chi connectivity index (χ3v) is 4.39. The molecule has 128 valence electrons. The second-order valence-electron chi connectivity index (χ2n) is 5.34. The Bertz CT molecular complexity index is 837. The molecule has 5 nitrogen and oxygen atoms in total. The normalized spacial score (nSPS) is 11.9. The number of thioether (sulfide) groups is 1. The fraction of sp³-hybridized carbons (Fsp3) is 0.167. The summed E-state index contributed by atoms with van der Waals surface area (Å²) in [6, 6.07) is 15.4. The molecule has 0 fully saturated rings. The minimum Gasteiger partial charge on any atom is -0.411 e. The van der Waals surface area contributed by atoms with Crippen LogP contribution >= 0.6 is 11.8 Å². The van der Waals surface area contributed by atoms with Crippen LogP contribution in [0.25, 0.3) is 11.5 Å². The van der Waals surface area contributed by atoms with Crippen molar-refractivity contribution in [3.05, 3.63) is 66.0 Å². The highest BCUT2D eigenvalue weighted by Gasteiger charge is 2.18. The van der Waals surface area contributed by atoms with E-state index in [0.717, 1.165) is 11.1 Å². The maximum Gasteiger partial charge on any atom is 0.277 e. The van der Waals surface area contributed by atoms with Crippen molar-refractivity contribution in [3.63, 3.8) is 0 Å². The van der Waals surface area contributed by atoms with Gasteiger partial charge in [-0.25, -0.2) is 4.39 Å². The van der Waals surface area contributed by atoms with Gasteiger partial charge >= 0.3 is 0 Å². The fourth-order valence-electron chi connectivity index (χ4n) is 2.09. The van der Waals surface area contributed by atoms with Gasteiger partial charge in [-0.05, 0) is 36.8 Å². The molecule has 0 aliphatic heterocycles. The standard InChI is InChI=1S/C18H16FN3O2S/c1-12(16(23)20-11-13-7-9-15(19)10-8-13)25-18-22-21-17(24-18)14-5-3-2-4-6-14/h2-10,12H,11H2,1H3,(H,20,23). The van der Waals surface area contributed by atoms with Gasteiger partial charge in [0.15, 0.2) is 0 Å². The minimum absolute atomic E-state index is 0.159. The zero-order chi connectivity index (χ0) is 17.6. The summed E-state index contributed by atoms with van der Waals surface area (Å²) in [5.74, 6) is -0.0413. The second-order valence-corrected chi connectivity index (χ2v) is 6.64. The molecule has 0 saturated carbocycles. The lowest BCUT2D eigenvalue weighted by atomic mass is 10.2. The number of nitrogens with zero attached hydrogens (tertiary/aromatic N) is 2. The summed E-state index contributed by atoms with van der Waals surface area (Å²) >= 11 is 1.19. The highest BCUT2D eigenvalue weighted by molar-refractivity contribution is 8.00. The first-order valence-corrected chi connectivity index (χ1v) is 8.57. The van der Waals surface area contributed by atoms with Gasteiger partial charge in [-0.2, -0.15) is 0 Å². The van der Waals surface area contributed by atoms with Crippen LogP contribution in [0.5, 0.6) is 0 Å². The second kappa shape index (κ2) is 7.94. The number of hydrogen-bond acceptors (Lipinski definition) is 5. The topological polar surface area (TPSA) is 68.0 Å². The number of carbonyl (C=O) groups excluding carboxylic acids is 1. The summed E-state index contributed by atoms with van der Waals surface area (Å²) in [6.07, 6.45) is 0. The molecule has 1 N–H and O–H groups in total. The first kappa shape index (κ1) is 17.2. The molecule has 1 amide bonds. The van der Waals surface area contributed by atoms with Gasteiger partial charge in [0, 0.05) is 12.1 Å². The van der Waals surface area contributed by atoms with Gasteiger partial charge in [-0.3, -0.25) is 4.79 Å². The molecule has 3 aromatic rings. The molecule has 7 heteroatoms. The van der Waals surface area contributed by atoms with Crippen molar-refractivity contribution in [1.29, 1.82) is 0 Å². The molecule has 0 spiro atoms. The Morgan fingerprint density at radius 3 is 2.60 bits per heavy atom. The number of carbonyl (C=O) groups is 1. The Labute approximate surface area is 148 Å². The molecule has 0 bridgehead atoms. The molecule has 0 aliphatic rings. The molecule has 0 aliphatic carbocycles. The Balaban J connectivity index is 1.54. The number of hydrogen-bond donors (Lipinski definition) is 1. The Morgan fingerprint density at radius 2 is 1.88 bits per heavy atom. The van der Waals surface area contributed by atoms with Crippen molar-refractivity contribution in [2.24, 2.45) is 0 Å². The van der Waals surface area contributed by atoms with E-state index >= 15 is 0 Å². The average molecular weight is 357 g/mol. The minimum atomic E-state index is -0.399. The smallest absolute Gasteiger partial charge is 0.277 e. The van der Waals surface area contributed by atoms with Crippen molar-refractivity contribution >= 4 is 17.7 Å². The lowest BCUT2D eigenvalue weighted by molar-refractivity contribution is -0.120. The summed E-state index contributed by atoms with van der Waals surface area (Å²) in [5.41, 5.74) is 1.66. The van der Waals surface area contributed by atoms with E-state index in [0.29, 0.717) is 17.7 Å². The number of halogens is 1. The average Bonchev–Trinajstić information content (AvgIpc) is 3.10. The lowest BCUT2D eigenvalue weighted by Gasteiger charge is -2.09. The molecular formula is C18H16FN3O2S. The SMILES string of the molecule is CC(Sc1nnc(-c2ccccc2)o1)C(=O)NCc1ccc(F)cc1. The van der Waals surface area contributed by atoms with E-state index in [1.165, 1.54) is 23.9 Å². The summed E-state index contributed by atoms with van der Waals surface area (Å²) in [6.45, 7) is 2.10. The van der Waals surface area contributed by atoms with Crippen molar-refractivity contribution in [2.45, 2.75) is 23.9 Å². The van der Waals surface area contributed by atoms with Crippen LogP contribution in [0.2, 0.25) is 0 Å². The van der Waals surface area contributed by atoms with E-state index in [4.69, 9.17) is 4.42 Å². The van der Waals surface area contributed by atoms with E-state index in [2.05, 4.69) is 15.5 Å². The van der Waals surface area contributed by atoms with Gasteiger partial charge in [-0.1, -0.05) is 42.1 Å². The van der Waals surface area contributed by atoms with E-state index in [9.17, 15) is 9.18 Å². The predicted molar refractivity (Wildman–Crippen MR) is 93.3 cm³/mol. The number of aromatic nitrogens is 2. The van der Waals surface area contributed by atoms with Crippen molar-refractivity contribution in [2.75, 3.05) is 0 Å². The monoisotopic (exact) mass is 357 g/mol. The molecule has 1 atom stereocenters. The van der Waals surface area contributed by atoms with Crippen molar-refractivity contribution in [1.82, 2.24) is 15.5 Å². The Morgan fingerprint density at radius 1 is 1.16 bits per heavy atom. The zero-order valence-corrected chi connectivity index (χ0v) is 14.3. The molecule has 1 aromatic heterocycles. The fourth-order valence-corrected chi connectivity index (χ4v) is 2.80. The molecule has 1 unspecified atom stereocenters. The van der Waals surface area contributed by atoms with Crippen LogP contribution in [0.1, 0.15) is 12.5 Å². The maximum atomic E-state index is 12.9. The van der Waals surface area contributed by atoms with Crippen LogP contribution < -0.4 is 5.32 Å². The number of rotatable bonds is 6. The maximum absolute atomic E-state index is 12.9. The first-order valence-electron chi connectivity index (χ1n) is 7.69. The summed E-state index contributed by atoms with van der Waals surface area (Å²) in [5, 5.41) is 10.7. The quantitative estimate of drug-likeness (QED) is 0.682. The molecule has 2 aromatic carbocycles. The van der Waals surface area contributed by atoms with Gasteiger partial charge in [0.05, 0.1) is 5.25 Å². The number of amides is 1. The lowest BCUT2D eigenvalue weighted by Crippen LogP contribution is -2.30. The largest absolute Gasteiger partial charge is 0.411 e. The molecule has 25 heavy (non-hydrogen) atoms. The first-order chi connectivity index (χ1) is 12.1. The molecule has 0 saturated heterocycles. The van der Waals surface area contributed by atoms with Crippen molar-refractivity contribution < 1.29 is 13.6 Å². The van der Waals surface area contributed by atoms with Gasteiger partial charge in [0.2, 0.25) is 11.8 Å². The summed E-state index contributed by atoms with van der Waals surface area (Å²) in [7, 11) is 0. The summed E-state index contributed by atoms with van der Waals surface area (Å²) in [4.78, 5) is 12.2. The van der Waals surface area contributed by atoms with E-state index < -0.39 is 5.25 Å². The van der Waals surface area contributed by atoms with E-state index in [1.807, 2.05) is 30.3 Å². The van der Waals surface area contributed by atoms with Crippen LogP contribution in [-0.4, -0.2) is 21.4 Å². The third-order valence-electron chi connectivity index (χ3n) is 3.45. The molecule has 3 rings (SSSR count). The van der Waals surface area contributed by atoms with Crippen LogP contribution in [0.3, 0.4) is 0 Å². The number of nitrogens with one attached hydrogen (secondary N) is 1. The Kier molecular flexibility index (Phi) is 5.45. The van der Waals surface area contributed by atoms with Crippen LogP contribution in [0.4, 0.5) is 4.39 Å². The van der Waals surface area contributed by atoms with Crippen LogP contribution in [0.15, 0.2) is 64.2 Å². The van der Waals surface area contributed by atoms with Gasteiger partial charge in [0.25, 0.3) is 5.22 Å². The third kappa shape index (κ3) is 4.67. The van der Waals surface area contributed by atoms with Gasteiger partial charge < -0.3 is 9.73 Å². The van der Waals surface area contributed by atoms with Gasteiger partial charge in [0.1, 0.15) is 5.82 Å². The highest BCUT2D eigenvalue weighted by atomic mass is 32.2.